The molecule has 0 saturated heterocycles. The topological polar surface area (TPSA) is 70.1 Å². The van der Waals surface area contributed by atoms with Crippen LogP contribution in [0.25, 0.3) is 0 Å². The molecule has 1 aliphatic rings. The minimum Gasteiger partial charge on any atom is -0.395 e. The van der Waals surface area contributed by atoms with Crippen LogP contribution in [0.2, 0.25) is 0 Å². The maximum Gasteiger partial charge on any atom is 0.131 e. The lowest BCUT2D eigenvalue weighted by molar-refractivity contribution is 0.303. The second-order valence-electron chi connectivity index (χ2n) is 4.45. The number of hydrogen-bond acceptors (Lipinski definition) is 5. The van der Waals surface area contributed by atoms with Gasteiger partial charge in [0.1, 0.15) is 18.0 Å². The number of aliphatic hydroxyl groups is 1. The molecule has 0 radical (unpaired) electrons. The van der Waals surface area contributed by atoms with Crippen molar-refractivity contribution < 1.29 is 5.11 Å². The van der Waals surface area contributed by atoms with Crippen LogP contribution in [-0.4, -0.2) is 34.8 Å². The van der Waals surface area contributed by atoms with Gasteiger partial charge in [-0.15, -0.1) is 0 Å². The van der Waals surface area contributed by atoms with Crippen LogP contribution in [0.4, 0.5) is 11.6 Å². The summed E-state index contributed by atoms with van der Waals surface area (Å²) >= 11 is 0. The molecule has 1 heterocycles. The Morgan fingerprint density at radius 2 is 1.88 bits per heavy atom. The maximum atomic E-state index is 8.71. The molecule has 0 aliphatic heterocycles. The first kappa shape index (κ1) is 12.1. The van der Waals surface area contributed by atoms with Crippen molar-refractivity contribution in [2.45, 2.75) is 25.7 Å². The fourth-order valence-electron chi connectivity index (χ4n) is 1.92. The quantitative estimate of drug-likeness (QED) is 0.669. The minimum atomic E-state index is 0.106. The number of aromatic nitrogens is 2. The smallest absolute Gasteiger partial charge is 0.131 e. The molecule has 1 aromatic heterocycles. The first-order chi connectivity index (χ1) is 8.38. The van der Waals surface area contributed by atoms with Gasteiger partial charge in [-0.25, -0.2) is 9.97 Å². The van der Waals surface area contributed by atoms with E-state index in [-0.39, 0.29) is 6.61 Å². The molecule has 0 aromatic carbocycles. The third-order valence-electron chi connectivity index (χ3n) is 3.17. The second kappa shape index (κ2) is 6.39. The van der Waals surface area contributed by atoms with Crippen LogP contribution in [0, 0.1) is 5.92 Å². The summed E-state index contributed by atoms with van der Waals surface area (Å²) in [5, 5.41) is 15.0. The summed E-state index contributed by atoms with van der Waals surface area (Å²) in [6.45, 7) is 1.59. The van der Waals surface area contributed by atoms with E-state index >= 15 is 0 Å². The molecule has 0 spiro atoms. The lowest BCUT2D eigenvalue weighted by atomic mass is 9.83. The Kier molecular flexibility index (Phi) is 4.55. The molecule has 17 heavy (non-hydrogen) atoms. The first-order valence-electron chi connectivity index (χ1n) is 6.29. The van der Waals surface area contributed by atoms with Crippen molar-refractivity contribution in [2.24, 2.45) is 5.92 Å². The van der Waals surface area contributed by atoms with E-state index in [0.717, 1.165) is 24.1 Å². The average Bonchev–Trinajstić information content (AvgIpc) is 2.30. The SMILES string of the molecule is OCCNc1cc(NCCC2CCC2)ncn1. The third kappa shape index (κ3) is 3.85. The predicted molar refractivity (Wildman–Crippen MR) is 68.1 cm³/mol. The molecule has 1 aromatic rings. The van der Waals surface area contributed by atoms with Gasteiger partial charge in [0.2, 0.25) is 0 Å². The number of aliphatic hydroxyl groups excluding tert-OH is 1. The molecule has 5 heteroatoms. The maximum absolute atomic E-state index is 8.71. The summed E-state index contributed by atoms with van der Waals surface area (Å²) in [5.41, 5.74) is 0. The zero-order valence-corrected chi connectivity index (χ0v) is 10.0. The molecule has 1 aliphatic carbocycles. The second-order valence-corrected chi connectivity index (χ2v) is 4.45. The molecule has 3 N–H and O–H groups in total. The highest BCUT2D eigenvalue weighted by Gasteiger charge is 2.16. The van der Waals surface area contributed by atoms with Crippen molar-refractivity contribution in [3.63, 3.8) is 0 Å². The van der Waals surface area contributed by atoms with Crippen molar-refractivity contribution in [2.75, 3.05) is 30.3 Å². The number of nitrogens with zero attached hydrogens (tertiary/aromatic N) is 2. The molecular formula is C12H20N4O. The lowest BCUT2D eigenvalue weighted by Gasteiger charge is -2.25. The van der Waals surface area contributed by atoms with Crippen LogP contribution >= 0.6 is 0 Å². The predicted octanol–water partition coefficient (Wildman–Crippen LogP) is 1.48. The fraction of sp³-hybridized carbons (Fsp3) is 0.667. The fourth-order valence-corrected chi connectivity index (χ4v) is 1.92. The molecule has 0 atom stereocenters. The molecule has 1 saturated carbocycles. The van der Waals surface area contributed by atoms with Gasteiger partial charge in [-0.3, -0.25) is 0 Å². The monoisotopic (exact) mass is 236 g/mol. The molecule has 5 nitrogen and oxygen atoms in total. The summed E-state index contributed by atoms with van der Waals surface area (Å²) in [6, 6.07) is 1.87. The Bertz CT molecular complexity index is 341. The van der Waals surface area contributed by atoms with Gasteiger partial charge in [0.15, 0.2) is 0 Å². The van der Waals surface area contributed by atoms with Crippen LogP contribution in [-0.2, 0) is 0 Å². The van der Waals surface area contributed by atoms with Crippen molar-refractivity contribution in [3.05, 3.63) is 12.4 Å². The number of anilines is 2. The van der Waals surface area contributed by atoms with Gasteiger partial charge in [0.25, 0.3) is 0 Å². The minimum absolute atomic E-state index is 0.106. The van der Waals surface area contributed by atoms with E-state index in [1.54, 1.807) is 0 Å². The van der Waals surface area contributed by atoms with Crippen molar-refractivity contribution in [1.29, 1.82) is 0 Å². The van der Waals surface area contributed by atoms with E-state index in [2.05, 4.69) is 20.6 Å². The van der Waals surface area contributed by atoms with Gasteiger partial charge >= 0.3 is 0 Å². The van der Waals surface area contributed by atoms with Crippen LogP contribution < -0.4 is 10.6 Å². The molecule has 0 amide bonds. The summed E-state index contributed by atoms with van der Waals surface area (Å²) < 4.78 is 0. The highest BCUT2D eigenvalue weighted by atomic mass is 16.3. The van der Waals surface area contributed by atoms with Crippen LogP contribution in [0.5, 0.6) is 0 Å². The molecule has 0 bridgehead atoms. The Labute approximate surface area is 102 Å². The zero-order valence-electron chi connectivity index (χ0n) is 10.0. The Hall–Kier alpha value is -1.36. The summed E-state index contributed by atoms with van der Waals surface area (Å²) in [6.07, 6.45) is 6.92. The molecule has 2 rings (SSSR count). The summed E-state index contributed by atoms with van der Waals surface area (Å²) in [4.78, 5) is 8.24. The summed E-state index contributed by atoms with van der Waals surface area (Å²) in [5.74, 6) is 2.51. The lowest BCUT2D eigenvalue weighted by Crippen LogP contribution is -2.16. The largest absolute Gasteiger partial charge is 0.395 e. The Balaban J connectivity index is 1.74. The number of nitrogens with one attached hydrogen (secondary N) is 2. The number of hydrogen-bond donors (Lipinski definition) is 3. The number of rotatable bonds is 7. The van der Waals surface area contributed by atoms with Crippen LogP contribution in [0.3, 0.4) is 0 Å². The van der Waals surface area contributed by atoms with E-state index in [1.165, 1.54) is 32.0 Å². The van der Waals surface area contributed by atoms with Crippen LogP contribution in [0.15, 0.2) is 12.4 Å². The van der Waals surface area contributed by atoms with E-state index in [9.17, 15) is 0 Å². The van der Waals surface area contributed by atoms with Gasteiger partial charge in [0, 0.05) is 19.2 Å². The molecule has 0 unspecified atom stereocenters. The van der Waals surface area contributed by atoms with E-state index < -0.39 is 0 Å². The Morgan fingerprint density at radius 1 is 1.18 bits per heavy atom. The van der Waals surface area contributed by atoms with E-state index in [0.29, 0.717) is 6.54 Å². The zero-order chi connectivity index (χ0) is 11.9. The van der Waals surface area contributed by atoms with E-state index in [1.807, 2.05) is 6.07 Å². The third-order valence-corrected chi connectivity index (χ3v) is 3.17. The first-order valence-corrected chi connectivity index (χ1v) is 6.29. The molecular weight excluding hydrogens is 216 g/mol. The van der Waals surface area contributed by atoms with Gasteiger partial charge in [0.05, 0.1) is 6.61 Å². The van der Waals surface area contributed by atoms with Crippen LogP contribution in [0.1, 0.15) is 25.7 Å². The van der Waals surface area contributed by atoms with Crippen molar-refractivity contribution in [3.8, 4) is 0 Å². The highest BCUT2D eigenvalue weighted by molar-refractivity contribution is 5.46. The molecule has 1 fully saturated rings. The van der Waals surface area contributed by atoms with Gasteiger partial charge in [-0.1, -0.05) is 19.3 Å². The van der Waals surface area contributed by atoms with E-state index in [4.69, 9.17) is 5.11 Å². The summed E-state index contributed by atoms with van der Waals surface area (Å²) in [7, 11) is 0. The standard InChI is InChI=1S/C12H20N4O/c17-7-6-14-12-8-11(15-9-16-12)13-5-4-10-2-1-3-10/h8-10,17H,1-7H2,(H2,13,14,15,16). The van der Waals surface area contributed by atoms with Gasteiger partial charge < -0.3 is 15.7 Å². The highest BCUT2D eigenvalue weighted by Crippen LogP contribution is 2.29. The van der Waals surface area contributed by atoms with Gasteiger partial charge in [-0.05, 0) is 12.3 Å². The average molecular weight is 236 g/mol. The van der Waals surface area contributed by atoms with Crippen molar-refractivity contribution in [1.82, 2.24) is 9.97 Å². The van der Waals surface area contributed by atoms with Crippen molar-refractivity contribution >= 4 is 11.6 Å². The van der Waals surface area contributed by atoms with Gasteiger partial charge in [-0.2, -0.15) is 0 Å². The Morgan fingerprint density at radius 3 is 2.47 bits per heavy atom. The normalized spacial score (nSPS) is 15.4. The molecule has 94 valence electrons.